The van der Waals surface area contributed by atoms with Gasteiger partial charge < -0.3 is 19.9 Å². The molecule has 2 fully saturated rings. The largest absolute Gasteiger partial charge is 0.457 e. The highest BCUT2D eigenvalue weighted by Gasteiger charge is 2.30. The molecule has 196 valence electrons. The van der Waals surface area contributed by atoms with Crippen LogP contribution in [0.1, 0.15) is 31.7 Å². The highest BCUT2D eigenvalue weighted by Crippen LogP contribution is 2.39. The predicted octanol–water partition coefficient (Wildman–Crippen LogP) is 5.64. The summed E-state index contributed by atoms with van der Waals surface area (Å²) in [6, 6.07) is 15.9. The Morgan fingerprint density at radius 3 is 2.67 bits per heavy atom. The molecular formula is C30H27FN6O2. The van der Waals surface area contributed by atoms with Gasteiger partial charge in [0, 0.05) is 36.5 Å². The molecule has 9 heteroatoms. The van der Waals surface area contributed by atoms with E-state index in [4.69, 9.17) is 10.5 Å². The number of nitriles is 1. The van der Waals surface area contributed by atoms with Gasteiger partial charge in [-0.2, -0.15) is 5.26 Å². The molecule has 2 aromatic carbocycles. The molecule has 8 nitrogen and oxygen atoms in total. The Bertz CT molecular complexity index is 1620. The van der Waals surface area contributed by atoms with Crippen molar-refractivity contribution in [2.45, 2.75) is 31.7 Å². The lowest BCUT2D eigenvalue weighted by Gasteiger charge is -2.33. The number of nitrogens with zero attached hydrogens (tertiary/aromatic N) is 5. The number of para-hydroxylation sites is 1. The van der Waals surface area contributed by atoms with Crippen LogP contribution >= 0.6 is 0 Å². The Morgan fingerprint density at radius 1 is 1.10 bits per heavy atom. The van der Waals surface area contributed by atoms with Crippen molar-refractivity contribution in [2.24, 2.45) is 5.92 Å². The minimum atomic E-state index is -0.463. The summed E-state index contributed by atoms with van der Waals surface area (Å²) < 4.78 is 23.3. The topological polar surface area (TPSA) is 110 Å². The van der Waals surface area contributed by atoms with Crippen LogP contribution in [0.5, 0.6) is 11.5 Å². The molecule has 0 spiro atoms. The van der Waals surface area contributed by atoms with E-state index >= 15 is 4.39 Å². The molecule has 4 aromatic rings. The van der Waals surface area contributed by atoms with Crippen LogP contribution in [0, 0.1) is 23.1 Å². The van der Waals surface area contributed by atoms with Crippen LogP contribution in [-0.4, -0.2) is 38.4 Å². The molecule has 2 aromatic heterocycles. The molecule has 2 aliphatic rings. The summed E-state index contributed by atoms with van der Waals surface area (Å²) in [6.07, 6.45) is 8.66. The van der Waals surface area contributed by atoms with Gasteiger partial charge in [0.2, 0.25) is 0 Å². The number of fused-ring (bicyclic) bond motifs is 1. The smallest absolute Gasteiger partial charge is 0.264 e. The third-order valence-corrected chi connectivity index (χ3v) is 7.30. The Balaban J connectivity index is 1.33. The molecule has 0 unspecified atom stereocenters. The van der Waals surface area contributed by atoms with E-state index in [2.05, 4.69) is 16.0 Å². The molecule has 0 radical (unpaired) electrons. The third-order valence-electron chi connectivity index (χ3n) is 7.30. The Kier molecular flexibility index (Phi) is 6.45. The molecule has 1 aliphatic carbocycles. The van der Waals surface area contributed by atoms with Crippen molar-refractivity contribution in [3.8, 4) is 28.7 Å². The number of piperidine rings is 1. The molecule has 1 atom stereocenters. The fourth-order valence-electron chi connectivity index (χ4n) is 5.18. The molecule has 1 aliphatic heterocycles. The maximum atomic E-state index is 15.5. The SMILES string of the molecule is N#C/C(=C/C1CC1)C(=O)N1CCC[C@@H](n2cc(-c3ccc(Oc4ccccc4)cc3F)c3c(N)ncnc32)C1. The number of hydrogen-bond acceptors (Lipinski definition) is 6. The number of likely N-dealkylation sites (tertiary alicyclic amines) is 1. The number of benzene rings is 2. The first-order valence-corrected chi connectivity index (χ1v) is 13.1. The quantitative estimate of drug-likeness (QED) is 0.259. The summed E-state index contributed by atoms with van der Waals surface area (Å²) in [6.45, 7) is 1.00. The van der Waals surface area contributed by atoms with Gasteiger partial charge in [-0.3, -0.25) is 4.79 Å². The molecule has 6 rings (SSSR count). The number of nitrogen functional groups attached to an aromatic ring is 1. The van der Waals surface area contributed by atoms with Crippen LogP contribution < -0.4 is 10.5 Å². The highest BCUT2D eigenvalue weighted by atomic mass is 19.1. The second-order valence-electron chi connectivity index (χ2n) is 10.0. The van der Waals surface area contributed by atoms with Crippen LogP contribution in [0.25, 0.3) is 22.2 Å². The zero-order valence-corrected chi connectivity index (χ0v) is 21.3. The van der Waals surface area contributed by atoms with Crippen molar-refractivity contribution in [3.63, 3.8) is 0 Å². The highest BCUT2D eigenvalue weighted by molar-refractivity contribution is 6.01. The van der Waals surface area contributed by atoms with E-state index < -0.39 is 5.82 Å². The number of amides is 1. The number of aromatic nitrogens is 3. The van der Waals surface area contributed by atoms with E-state index in [1.807, 2.05) is 29.0 Å². The number of rotatable bonds is 6. The van der Waals surface area contributed by atoms with Gasteiger partial charge in [0.1, 0.15) is 46.8 Å². The van der Waals surface area contributed by atoms with Crippen LogP contribution in [0.4, 0.5) is 10.2 Å². The van der Waals surface area contributed by atoms with Crippen LogP contribution in [0.2, 0.25) is 0 Å². The van der Waals surface area contributed by atoms with Crippen molar-refractivity contribution in [2.75, 3.05) is 18.8 Å². The first kappa shape index (κ1) is 24.6. The van der Waals surface area contributed by atoms with E-state index in [1.165, 1.54) is 12.4 Å². The maximum absolute atomic E-state index is 15.5. The number of anilines is 1. The third kappa shape index (κ3) is 4.93. The van der Waals surface area contributed by atoms with Crippen LogP contribution in [-0.2, 0) is 4.79 Å². The second kappa shape index (κ2) is 10.2. The van der Waals surface area contributed by atoms with Gasteiger partial charge in [-0.05, 0) is 55.9 Å². The van der Waals surface area contributed by atoms with Crippen molar-refractivity contribution in [1.82, 2.24) is 19.4 Å². The number of halogens is 1. The zero-order chi connectivity index (χ0) is 26.9. The molecule has 1 amide bonds. The Morgan fingerprint density at radius 2 is 1.92 bits per heavy atom. The van der Waals surface area contributed by atoms with Crippen molar-refractivity contribution >= 4 is 22.8 Å². The molecule has 1 saturated heterocycles. The summed E-state index contributed by atoms with van der Waals surface area (Å²) in [5.74, 6) is 0.876. The summed E-state index contributed by atoms with van der Waals surface area (Å²) in [5, 5.41) is 10.1. The molecule has 2 N–H and O–H groups in total. The fraction of sp³-hybridized carbons (Fsp3) is 0.267. The standard InChI is InChI=1S/C30H27FN6O2/c31-26-14-23(39-22-6-2-1-3-7-22)10-11-24(26)25-17-37(29-27(25)28(33)34-18-35-29)21-5-4-12-36(16-21)30(38)20(15-32)13-19-8-9-19/h1-3,6-7,10-11,13-14,17-19,21H,4-5,8-9,12,16H2,(H2,33,34,35)/b20-13-/t21-/m1/s1. The Hall–Kier alpha value is -4.71. The van der Waals surface area contributed by atoms with Crippen molar-refractivity contribution < 1.29 is 13.9 Å². The first-order chi connectivity index (χ1) is 19.0. The van der Waals surface area contributed by atoms with E-state index in [-0.39, 0.29) is 23.3 Å². The normalized spacial score (nSPS) is 17.7. The first-order valence-electron chi connectivity index (χ1n) is 13.1. The summed E-state index contributed by atoms with van der Waals surface area (Å²) in [4.78, 5) is 23.5. The van der Waals surface area contributed by atoms with Gasteiger partial charge in [-0.15, -0.1) is 0 Å². The monoisotopic (exact) mass is 522 g/mol. The van der Waals surface area contributed by atoms with Gasteiger partial charge in [0.25, 0.3) is 5.91 Å². The van der Waals surface area contributed by atoms with Gasteiger partial charge in [0.05, 0.1) is 11.4 Å². The molecule has 1 saturated carbocycles. The molecular weight excluding hydrogens is 495 g/mol. The molecule has 0 bridgehead atoms. The second-order valence-corrected chi connectivity index (χ2v) is 10.0. The number of nitrogens with two attached hydrogens (primary N) is 1. The van der Waals surface area contributed by atoms with Gasteiger partial charge in [-0.25, -0.2) is 14.4 Å². The number of carbonyl (C=O) groups excluding carboxylic acids is 1. The van der Waals surface area contributed by atoms with E-state index in [0.717, 1.165) is 25.7 Å². The number of carbonyl (C=O) groups is 1. The van der Waals surface area contributed by atoms with E-state index in [0.29, 0.717) is 52.7 Å². The summed E-state index contributed by atoms with van der Waals surface area (Å²) >= 11 is 0. The van der Waals surface area contributed by atoms with Crippen LogP contribution in [0.3, 0.4) is 0 Å². The lowest BCUT2D eigenvalue weighted by molar-refractivity contribution is -0.128. The number of hydrogen-bond donors (Lipinski definition) is 1. The number of ether oxygens (including phenoxy) is 1. The van der Waals surface area contributed by atoms with E-state index in [9.17, 15) is 10.1 Å². The molecule has 39 heavy (non-hydrogen) atoms. The number of allylic oxidation sites excluding steroid dienone is 1. The average Bonchev–Trinajstić information content (AvgIpc) is 3.70. The van der Waals surface area contributed by atoms with Gasteiger partial charge in [-0.1, -0.05) is 24.3 Å². The summed E-state index contributed by atoms with van der Waals surface area (Å²) in [5.41, 5.74) is 8.00. The predicted molar refractivity (Wildman–Crippen MR) is 145 cm³/mol. The fourth-order valence-corrected chi connectivity index (χ4v) is 5.18. The molecule has 3 heterocycles. The average molecular weight is 523 g/mol. The van der Waals surface area contributed by atoms with Gasteiger partial charge >= 0.3 is 0 Å². The lowest BCUT2D eigenvalue weighted by atomic mass is 10.0. The lowest BCUT2D eigenvalue weighted by Crippen LogP contribution is -2.41. The minimum absolute atomic E-state index is 0.113. The summed E-state index contributed by atoms with van der Waals surface area (Å²) in [7, 11) is 0. The van der Waals surface area contributed by atoms with E-state index in [1.54, 1.807) is 35.2 Å². The van der Waals surface area contributed by atoms with Crippen LogP contribution in [0.15, 0.2) is 72.7 Å². The van der Waals surface area contributed by atoms with Crippen molar-refractivity contribution in [3.05, 3.63) is 78.5 Å². The Labute approximate surface area is 225 Å². The van der Waals surface area contributed by atoms with Crippen molar-refractivity contribution in [1.29, 1.82) is 5.26 Å². The minimum Gasteiger partial charge on any atom is -0.457 e. The zero-order valence-electron chi connectivity index (χ0n) is 21.3. The maximum Gasteiger partial charge on any atom is 0.264 e. The van der Waals surface area contributed by atoms with Gasteiger partial charge in [0.15, 0.2) is 0 Å².